The lowest BCUT2D eigenvalue weighted by molar-refractivity contribution is 0.0439. The molecule has 2 heterocycles. The van der Waals surface area contributed by atoms with Gasteiger partial charge in [-0.25, -0.2) is 0 Å². The van der Waals surface area contributed by atoms with Crippen molar-refractivity contribution < 1.29 is 0 Å². The first-order valence-electron chi connectivity index (χ1n) is 8.99. The number of hydrogen-bond acceptors (Lipinski definition) is 4. The molecule has 2 aliphatic rings. The van der Waals surface area contributed by atoms with Crippen molar-refractivity contribution in [1.82, 2.24) is 14.7 Å². The molecule has 0 aromatic rings. The summed E-state index contributed by atoms with van der Waals surface area (Å²) in [7, 11) is 2.26. The van der Waals surface area contributed by atoms with E-state index >= 15 is 0 Å². The van der Waals surface area contributed by atoms with Crippen molar-refractivity contribution in [3.63, 3.8) is 0 Å². The van der Waals surface area contributed by atoms with E-state index in [1.807, 2.05) is 0 Å². The minimum atomic E-state index is 0.243. The van der Waals surface area contributed by atoms with Crippen LogP contribution in [0, 0.1) is 0 Å². The van der Waals surface area contributed by atoms with Crippen LogP contribution in [-0.2, 0) is 0 Å². The van der Waals surface area contributed by atoms with Gasteiger partial charge in [0, 0.05) is 31.2 Å². The second-order valence-electron chi connectivity index (χ2n) is 7.28. The summed E-state index contributed by atoms with van der Waals surface area (Å²) < 4.78 is 0. The molecule has 2 unspecified atom stereocenters. The largest absolute Gasteiger partial charge is 0.329 e. The van der Waals surface area contributed by atoms with E-state index < -0.39 is 0 Å². The van der Waals surface area contributed by atoms with Crippen LogP contribution in [0.4, 0.5) is 0 Å². The molecule has 0 radical (unpaired) electrons. The zero-order chi connectivity index (χ0) is 15.3. The van der Waals surface area contributed by atoms with E-state index in [2.05, 4.69) is 35.6 Å². The molecule has 4 heteroatoms. The highest BCUT2D eigenvalue weighted by Gasteiger charge is 2.39. The average molecular weight is 297 g/mol. The first-order valence-corrected chi connectivity index (χ1v) is 8.99. The molecule has 0 aromatic heterocycles. The van der Waals surface area contributed by atoms with Crippen molar-refractivity contribution in [1.29, 1.82) is 0 Å². The molecular weight excluding hydrogens is 260 g/mol. The quantitative estimate of drug-likeness (QED) is 0.855. The summed E-state index contributed by atoms with van der Waals surface area (Å²) in [4.78, 5) is 7.90. The third kappa shape index (κ3) is 4.19. The van der Waals surface area contributed by atoms with Gasteiger partial charge in [0.25, 0.3) is 0 Å². The normalized spacial score (nSPS) is 34.6. The van der Waals surface area contributed by atoms with Crippen molar-refractivity contribution in [2.45, 2.75) is 57.5 Å². The molecule has 0 aromatic carbocycles. The Balaban J connectivity index is 2.08. The van der Waals surface area contributed by atoms with Gasteiger partial charge in [-0.05, 0) is 72.3 Å². The van der Waals surface area contributed by atoms with Crippen LogP contribution < -0.4 is 5.73 Å². The summed E-state index contributed by atoms with van der Waals surface area (Å²) in [5, 5.41) is 0. The Morgan fingerprint density at radius 1 is 1.10 bits per heavy atom. The Bertz CT molecular complexity index is 309. The predicted molar refractivity (Wildman–Crippen MR) is 90.6 cm³/mol. The first-order chi connectivity index (χ1) is 10.1. The van der Waals surface area contributed by atoms with Crippen LogP contribution >= 0.6 is 0 Å². The Morgan fingerprint density at radius 3 is 2.62 bits per heavy atom. The molecule has 2 fully saturated rings. The second-order valence-corrected chi connectivity index (χ2v) is 7.28. The summed E-state index contributed by atoms with van der Waals surface area (Å²) in [5.41, 5.74) is 6.58. The van der Waals surface area contributed by atoms with Gasteiger partial charge in [0.05, 0.1) is 0 Å². The highest BCUT2D eigenvalue weighted by Crippen LogP contribution is 2.31. The van der Waals surface area contributed by atoms with Crippen LogP contribution in [0.25, 0.3) is 0 Å². The van der Waals surface area contributed by atoms with Crippen molar-refractivity contribution in [3.8, 4) is 0 Å². The van der Waals surface area contributed by atoms with E-state index in [0.29, 0.717) is 6.04 Å². The summed E-state index contributed by atoms with van der Waals surface area (Å²) in [6.07, 6.45) is 6.37. The summed E-state index contributed by atoms with van der Waals surface area (Å²) in [6.45, 7) is 12.9. The number of likely N-dealkylation sites (tertiary alicyclic amines) is 1. The van der Waals surface area contributed by atoms with Gasteiger partial charge in [0.15, 0.2) is 0 Å². The molecule has 0 aliphatic carbocycles. The Hall–Kier alpha value is -0.160. The van der Waals surface area contributed by atoms with E-state index in [-0.39, 0.29) is 5.54 Å². The molecule has 0 spiro atoms. The molecular formula is C17H36N4. The van der Waals surface area contributed by atoms with Gasteiger partial charge in [-0.1, -0.05) is 6.92 Å². The molecule has 0 amide bonds. The van der Waals surface area contributed by atoms with Gasteiger partial charge in [-0.15, -0.1) is 0 Å². The Kier molecular flexibility index (Phi) is 6.48. The van der Waals surface area contributed by atoms with Crippen molar-refractivity contribution >= 4 is 0 Å². The Labute approximate surface area is 131 Å². The van der Waals surface area contributed by atoms with Crippen molar-refractivity contribution in [2.24, 2.45) is 5.73 Å². The van der Waals surface area contributed by atoms with Gasteiger partial charge in [-0.2, -0.15) is 0 Å². The lowest BCUT2D eigenvalue weighted by Gasteiger charge is -2.46. The van der Waals surface area contributed by atoms with E-state index in [1.54, 1.807) is 0 Å². The monoisotopic (exact) mass is 296 g/mol. The minimum Gasteiger partial charge on any atom is -0.329 e. The second kappa shape index (κ2) is 7.91. The zero-order valence-electron chi connectivity index (χ0n) is 14.5. The molecule has 21 heavy (non-hydrogen) atoms. The third-order valence-corrected chi connectivity index (χ3v) is 5.59. The van der Waals surface area contributed by atoms with Crippen LogP contribution in [0.3, 0.4) is 0 Å². The standard InChI is InChI=1S/C17H36N4/c1-4-9-20-11-5-7-17(15-18,8-13-20)21-12-6-10-19(3)14-16(21)2/h16H,4-15,18H2,1-3H3. The molecule has 4 nitrogen and oxygen atoms in total. The van der Waals surface area contributed by atoms with Gasteiger partial charge in [0.2, 0.25) is 0 Å². The summed E-state index contributed by atoms with van der Waals surface area (Å²) >= 11 is 0. The average Bonchev–Trinajstić information content (AvgIpc) is 2.76. The van der Waals surface area contributed by atoms with Crippen LogP contribution in [0.5, 0.6) is 0 Å². The maximum absolute atomic E-state index is 6.33. The topological polar surface area (TPSA) is 35.7 Å². The maximum Gasteiger partial charge on any atom is 0.0347 e. The van der Waals surface area contributed by atoms with E-state index in [0.717, 1.165) is 6.54 Å². The molecule has 2 aliphatic heterocycles. The van der Waals surface area contributed by atoms with E-state index in [9.17, 15) is 0 Å². The molecule has 2 N–H and O–H groups in total. The van der Waals surface area contributed by atoms with E-state index in [1.165, 1.54) is 71.4 Å². The SMILES string of the molecule is CCCN1CCCC(CN)(N2CCCN(C)CC2C)CC1. The number of rotatable bonds is 4. The molecule has 2 atom stereocenters. The molecule has 0 bridgehead atoms. The number of nitrogens with zero attached hydrogens (tertiary/aromatic N) is 3. The fourth-order valence-corrected chi connectivity index (χ4v) is 4.46. The summed E-state index contributed by atoms with van der Waals surface area (Å²) in [5.74, 6) is 0. The van der Waals surface area contributed by atoms with Crippen LogP contribution in [0.15, 0.2) is 0 Å². The number of nitrogens with two attached hydrogens (primary N) is 1. The van der Waals surface area contributed by atoms with Crippen LogP contribution in [0.1, 0.15) is 46.0 Å². The lowest BCUT2D eigenvalue weighted by Crippen LogP contribution is -2.58. The smallest absolute Gasteiger partial charge is 0.0347 e. The predicted octanol–water partition coefficient (Wildman–Crippen LogP) is 1.61. The van der Waals surface area contributed by atoms with Crippen molar-refractivity contribution in [3.05, 3.63) is 0 Å². The van der Waals surface area contributed by atoms with Crippen LogP contribution in [-0.4, -0.2) is 79.1 Å². The van der Waals surface area contributed by atoms with Gasteiger partial charge in [-0.3, -0.25) is 4.90 Å². The van der Waals surface area contributed by atoms with Crippen LogP contribution in [0.2, 0.25) is 0 Å². The summed E-state index contributed by atoms with van der Waals surface area (Å²) in [6, 6.07) is 0.624. The third-order valence-electron chi connectivity index (χ3n) is 5.59. The maximum atomic E-state index is 6.33. The number of likely N-dealkylation sites (N-methyl/N-ethyl adjacent to an activating group) is 1. The molecule has 2 saturated heterocycles. The molecule has 0 saturated carbocycles. The van der Waals surface area contributed by atoms with Crippen molar-refractivity contribution in [2.75, 3.05) is 52.9 Å². The Morgan fingerprint density at radius 2 is 1.90 bits per heavy atom. The van der Waals surface area contributed by atoms with Gasteiger partial charge < -0.3 is 15.5 Å². The molecule has 2 rings (SSSR count). The highest BCUT2D eigenvalue weighted by atomic mass is 15.3. The first kappa shape index (κ1) is 17.2. The number of hydrogen-bond donors (Lipinski definition) is 1. The lowest BCUT2D eigenvalue weighted by atomic mass is 9.87. The minimum absolute atomic E-state index is 0.243. The highest BCUT2D eigenvalue weighted by molar-refractivity contribution is 4.97. The van der Waals surface area contributed by atoms with Gasteiger partial charge >= 0.3 is 0 Å². The fraction of sp³-hybridized carbons (Fsp3) is 1.00. The zero-order valence-corrected chi connectivity index (χ0v) is 14.5. The molecule has 124 valence electrons. The van der Waals surface area contributed by atoms with Gasteiger partial charge in [0.1, 0.15) is 0 Å². The fourth-order valence-electron chi connectivity index (χ4n) is 4.46. The van der Waals surface area contributed by atoms with E-state index in [4.69, 9.17) is 5.73 Å².